The number of ketones is 2. The molecule has 4 aliphatic heterocycles. The van der Waals surface area contributed by atoms with E-state index in [9.17, 15) is 19.2 Å². The van der Waals surface area contributed by atoms with E-state index in [1.807, 2.05) is 6.92 Å². The zero-order valence-electron chi connectivity index (χ0n) is 18.7. The number of hydrogen-bond acceptors (Lipinski definition) is 8. The Balaban J connectivity index is 1.62. The average molecular weight is 442 g/mol. The van der Waals surface area contributed by atoms with Crippen LogP contribution in [-0.2, 0) is 38.1 Å². The maximum atomic E-state index is 14.0. The van der Waals surface area contributed by atoms with Crippen LogP contribution in [0.5, 0.6) is 0 Å². The number of Topliss-reactive ketones (excluding diaryl/α,β-unsaturated/α-hetero) is 1. The van der Waals surface area contributed by atoms with E-state index in [0.29, 0.717) is 24.2 Å². The highest BCUT2D eigenvalue weighted by molar-refractivity contribution is 6.04. The molecule has 8 heteroatoms. The predicted octanol–water partition coefficient (Wildman–Crippen LogP) is 1.66. The van der Waals surface area contributed by atoms with Crippen molar-refractivity contribution in [3.8, 4) is 0 Å². The van der Waals surface area contributed by atoms with Gasteiger partial charge in [0.15, 0.2) is 11.6 Å². The van der Waals surface area contributed by atoms with Gasteiger partial charge in [0.2, 0.25) is 6.29 Å². The number of cyclic esters (lactones) is 1. The fraction of sp³-hybridized carbons (Fsp3) is 0.667. The molecular formula is C24H26O8. The van der Waals surface area contributed by atoms with Crippen molar-refractivity contribution in [1.29, 1.82) is 0 Å². The first-order valence-corrected chi connectivity index (χ1v) is 11.1. The summed E-state index contributed by atoms with van der Waals surface area (Å²) in [6, 6.07) is 0. The lowest BCUT2D eigenvalue weighted by molar-refractivity contribution is -0.221. The van der Waals surface area contributed by atoms with Gasteiger partial charge in [-0.1, -0.05) is 6.92 Å². The second-order valence-corrected chi connectivity index (χ2v) is 11.0. The molecule has 0 aromatic heterocycles. The maximum absolute atomic E-state index is 14.0. The number of carbonyl (C=O) groups excluding carboxylic acids is 4. The standard InChI is InChI=1S/C24H26O8/c1-10-18(27)16-17-19(30-10)31-20(28)22(17,4)8-13-23(16,5)14(25)6-11-12(24(13)9-29-24)7-15(26)32-21(11,2)3/h6-7,10,13,16-17,19H,8-9H2,1-5H3/t10-,13+,16-,17-,19-,22-,23+,24-/m0/s1. The zero-order valence-corrected chi connectivity index (χ0v) is 18.7. The summed E-state index contributed by atoms with van der Waals surface area (Å²) < 4.78 is 23.0. The van der Waals surface area contributed by atoms with Crippen molar-refractivity contribution in [2.75, 3.05) is 6.61 Å². The van der Waals surface area contributed by atoms with Crippen LogP contribution in [0.3, 0.4) is 0 Å². The predicted molar refractivity (Wildman–Crippen MR) is 107 cm³/mol. The summed E-state index contributed by atoms with van der Waals surface area (Å²) in [7, 11) is 0. The molecule has 170 valence electrons. The summed E-state index contributed by atoms with van der Waals surface area (Å²) in [5, 5.41) is 0. The molecule has 4 fully saturated rings. The fourth-order valence-corrected chi connectivity index (χ4v) is 7.17. The molecule has 0 radical (unpaired) electrons. The van der Waals surface area contributed by atoms with E-state index < -0.39 is 64.1 Å². The topological polar surface area (TPSA) is 108 Å². The van der Waals surface area contributed by atoms with Gasteiger partial charge in [0, 0.05) is 40.4 Å². The Morgan fingerprint density at radius 1 is 1.00 bits per heavy atom. The molecule has 1 saturated carbocycles. The number of carbonyl (C=O) groups is 4. The van der Waals surface area contributed by atoms with Gasteiger partial charge in [0.25, 0.3) is 0 Å². The molecule has 0 aromatic carbocycles. The van der Waals surface area contributed by atoms with Gasteiger partial charge in [-0.2, -0.15) is 0 Å². The number of rotatable bonds is 0. The van der Waals surface area contributed by atoms with Crippen LogP contribution in [0.2, 0.25) is 0 Å². The fourth-order valence-electron chi connectivity index (χ4n) is 7.17. The van der Waals surface area contributed by atoms with Crippen LogP contribution < -0.4 is 0 Å². The molecule has 3 saturated heterocycles. The number of hydrogen-bond donors (Lipinski definition) is 0. The van der Waals surface area contributed by atoms with Gasteiger partial charge in [-0.25, -0.2) is 4.79 Å². The highest BCUT2D eigenvalue weighted by Gasteiger charge is 2.77. The molecule has 6 aliphatic rings. The van der Waals surface area contributed by atoms with Gasteiger partial charge in [-0.05, 0) is 40.2 Å². The summed E-state index contributed by atoms with van der Waals surface area (Å²) >= 11 is 0. The zero-order chi connectivity index (χ0) is 23.0. The van der Waals surface area contributed by atoms with Gasteiger partial charge < -0.3 is 18.9 Å². The third-order valence-electron chi connectivity index (χ3n) is 8.96. The second-order valence-electron chi connectivity index (χ2n) is 11.0. The minimum atomic E-state index is -1.15. The van der Waals surface area contributed by atoms with Crippen molar-refractivity contribution in [2.24, 2.45) is 28.6 Å². The molecule has 2 aliphatic carbocycles. The van der Waals surface area contributed by atoms with Gasteiger partial charge in [-0.15, -0.1) is 0 Å². The molecule has 0 aromatic rings. The minimum Gasteiger partial charge on any atom is -0.452 e. The van der Waals surface area contributed by atoms with E-state index in [1.54, 1.807) is 27.7 Å². The molecule has 0 unspecified atom stereocenters. The third kappa shape index (κ3) is 2.11. The highest BCUT2D eigenvalue weighted by Crippen LogP contribution is 2.69. The van der Waals surface area contributed by atoms with Gasteiger partial charge in [-0.3, -0.25) is 14.4 Å². The third-order valence-corrected chi connectivity index (χ3v) is 8.96. The summed E-state index contributed by atoms with van der Waals surface area (Å²) in [5.41, 5.74) is -2.88. The number of fused-ring (bicyclic) bond motifs is 5. The Hall–Kier alpha value is -2.32. The number of esters is 2. The maximum Gasteiger partial charge on any atom is 0.332 e. The summed E-state index contributed by atoms with van der Waals surface area (Å²) in [5.74, 6) is -3.14. The average Bonchev–Trinajstić information content (AvgIpc) is 3.45. The van der Waals surface area contributed by atoms with E-state index in [0.717, 1.165) is 0 Å². The van der Waals surface area contributed by atoms with E-state index in [2.05, 4.69) is 0 Å². The van der Waals surface area contributed by atoms with Crippen molar-refractivity contribution in [3.63, 3.8) is 0 Å². The molecule has 8 atom stereocenters. The number of allylic oxidation sites excluding steroid dienone is 1. The molecule has 4 heterocycles. The lowest BCUT2D eigenvalue weighted by Crippen LogP contribution is -2.65. The van der Waals surface area contributed by atoms with Crippen LogP contribution in [0.25, 0.3) is 0 Å². The lowest BCUT2D eigenvalue weighted by atomic mass is 9.45. The van der Waals surface area contributed by atoms with Crippen molar-refractivity contribution >= 4 is 23.5 Å². The molecule has 0 N–H and O–H groups in total. The van der Waals surface area contributed by atoms with Crippen LogP contribution in [-0.4, -0.2) is 53.7 Å². The normalized spacial score (nSPS) is 50.3. The molecule has 8 nitrogen and oxygen atoms in total. The van der Waals surface area contributed by atoms with Crippen molar-refractivity contribution < 1.29 is 38.1 Å². The van der Waals surface area contributed by atoms with E-state index >= 15 is 0 Å². The first-order chi connectivity index (χ1) is 14.9. The summed E-state index contributed by atoms with van der Waals surface area (Å²) in [4.78, 5) is 53.1. The molecule has 6 rings (SSSR count). The minimum absolute atomic E-state index is 0.198. The Kier molecular flexibility index (Phi) is 3.55. The molecule has 0 bridgehead atoms. The van der Waals surface area contributed by atoms with Crippen LogP contribution >= 0.6 is 0 Å². The first kappa shape index (κ1) is 20.3. The lowest BCUT2D eigenvalue weighted by Gasteiger charge is -2.56. The second kappa shape index (κ2) is 5.59. The van der Waals surface area contributed by atoms with Gasteiger partial charge >= 0.3 is 11.9 Å². The Morgan fingerprint density at radius 3 is 2.34 bits per heavy atom. The number of ether oxygens (including phenoxy) is 4. The van der Waals surface area contributed by atoms with E-state index in [1.165, 1.54) is 12.2 Å². The Bertz CT molecular complexity index is 1080. The number of epoxide rings is 1. The largest absolute Gasteiger partial charge is 0.452 e. The summed E-state index contributed by atoms with van der Waals surface area (Å²) in [6.45, 7) is 9.04. The smallest absolute Gasteiger partial charge is 0.332 e. The van der Waals surface area contributed by atoms with E-state index in [-0.39, 0.29) is 11.6 Å². The van der Waals surface area contributed by atoms with Crippen LogP contribution in [0.15, 0.2) is 23.3 Å². The van der Waals surface area contributed by atoms with Gasteiger partial charge in [0.05, 0.1) is 12.0 Å². The van der Waals surface area contributed by atoms with Crippen molar-refractivity contribution in [2.45, 2.75) is 64.6 Å². The first-order valence-electron chi connectivity index (χ1n) is 11.1. The quantitative estimate of drug-likeness (QED) is 0.412. The molecule has 1 spiro atoms. The van der Waals surface area contributed by atoms with Crippen LogP contribution in [0.4, 0.5) is 0 Å². The summed E-state index contributed by atoms with van der Waals surface area (Å²) in [6.07, 6.45) is 1.58. The van der Waals surface area contributed by atoms with Crippen LogP contribution in [0, 0.1) is 28.6 Å². The molecular weight excluding hydrogens is 416 g/mol. The van der Waals surface area contributed by atoms with Crippen molar-refractivity contribution in [3.05, 3.63) is 23.3 Å². The van der Waals surface area contributed by atoms with Crippen LogP contribution in [0.1, 0.15) is 41.0 Å². The monoisotopic (exact) mass is 442 g/mol. The van der Waals surface area contributed by atoms with Crippen molar-refractivity contribution in [1.82, 2.24) is 0 Å². The van der Waals surface area contributed by atoms with Gasteiger partial charge in [0.1, 0.15) is 17.3 Å². The molecule has 32 heavy (non-hydrogen) atoms. The Labute approximate surface area is 185 Å². The Morgan fingerprint density at radius 2 is 1.69 bits per heavy atom. The molecule has 0 amide bonds. The SMILES string of the molecule is C[C@@H]1O[C@H]2OC(=O)[C@@]3(C)C[C@@H]4[C@](C)(C(=O)C=C5C(=CC(=O)OC5(C)C)[C@@]45CO5)[C@H](C1=O)[C@@H]23. The van der Waals surface area contributed by atoms with E-state index in [4.69, 9.17) is 18.9 Å². The highest BCUT2D eigenvalue weighted by atomic mass is 16.7.